The molecule has 11 heavy (non-hydrogen) atoms. The number of hydrogen-bond donors (Lipinski definition) is 1. The minimum atomic E-state index is 0.183. The maximum Gasteiger partial charge on any atom is 0.158 e. The molecule has 0 bridgehead atoms. The van der Waals surface area contributed by atoms with Crippen molar-refractivity contribution in [1.82, 2.24) is 0 Å². The summed E-state index contributed by atoms with van der Waals surface area (Å²) in [5, 5.41) is 0. The molecule has 1 nitrogen and oxygen atoms in total. The number of carbonyl (C=O) groups excluding carboxylic acids is 1. The van der Waals surface area contributed by atoms with Crippen LogP contribution in [0.15, 0.2) is 23.1 Å². The number of carbonyl (C=O) groups is 1. The van der Waals surface area contributed by atoms with Crippen LogP contribution < -0.4 is 0 Å². The summed E-state index contributed by atoms with van der Waals surface area (Å²) in [4.78, 5) is 11.8. The molecule has 62 valence electrons. The van der Waals surface area contributed by atoms with Gasteiger partial charge in [-0.2, -0.15) is 0 Å². The fourth-order valence-electron chi connectivity index (χ4n) is 0.808. The summed E-state index contributed by atoms with van der Waals surface area (Å²) >= 11 is 4.00. The number of rotatable bonds is 4. The van der Waals surface area contributed by atoms with Crippen LogP contribution in [0.2, 0.25) is 0 Å². The zero-order valence-electron chi connectivity index (χ0n) is 7.05. The van der Waals surface area contributed by atoms with Gasteiger partial charge in [0.05, 0.1) is 0 Å². The van der Waals surface area contributed by atoms with E-state index in [2.05, 4.69) is 19.2 Å². The van der Waals surface area contributed by atoms with Crippen LogP contribution in [0, 0.1) is 0 Å². The average Bonchev–Trinajstić information content (AvgIpc) is 1.98. The quantitative estimate of drug-likeness (QED) is 0.390. The second-order valence-corrected chi connectivity index (χ2v) is 2.87. The molecule has 0 saturated carbocycles. The van der Waals surface area contributed by atoms with E-state index >= 15 is 0 Å². The second-order valence-electron chi connectivity index (χ2n) is 2.29. The van der Waals surface area contributed by atoms with E-state index in [4.69, 9.17) is 0 Å². The Morgan fingerprint density at radius 2 is 2.00 bits per heavy atom. The van der Waals surface area contributed by atoms with Gasteiger partial charge in [0, 0.05) is 6.42 Å². The van der Waals surface area contributed by atoms with Gasteiger partial charge in [-0.05, 0) is 23.0 Å². The van der Waals surface area contributed by atoms with Gasteiger partial charge in [0.2, 0.25) is 0 Å². The SMILES string of the molecule is C=C(S)/C=C(\CC)C(=O)CC. The predicted octanol–water partition coefficient (Wildman–Crippen LogP) is 2.75. The van der Waals surface area contributed by atoms with Crippen LogP contribution in [0.25, 0.3) is 0 Å². The molecule has 0 N–H and O–H groups in total. The summed E-state index contributed by atoms with van der Waals surface area (Å²) in [7, 11) is 0. The van der Waals surface area contributed by atoms with E-state index in [9.17, 15) is 4.79 Å². The third-order valence-electron chi connectivity index (χ3n) is 1.40. The van der Waals surface area contributed by atoms with Crippen molar-refractivity contribution in [2.75, 3.05) is 0 Å². The zero-order valence-corrected chi connectivity index (χ0v) is 7.95. The predicted molar refractivity (Wildman–Crippen MR) is 51.8 cm³/mol. The van der Waals surface area contributed by atoms with E-state index in [0.29, 0.717) is 11.3 Å². The molecule has 0 aromatic carbocycles. The minimum Gasteiger partial charge on any atom is -0.295 e. The van der Waals surface area contributed by atoms with Crippen molar-refractivity contribution in [2.45, 2.75) is 26.7 Å². The highest BCUT2D eigenvalue weighted by Crippen LogP contribution is 2.10. The highest BCUT2D eigenvalue weighted by molar-refractivity contribution is 7.84. The smallest absolute Gasteiger partial charge is 0.158 e. The monoisotopic (exact) mass is 170 g/mol. The summed E-state index contributed by atoms with van der Waals surface area (Å²) in [6.45, 7) is 7.40. The fourth-order valence-corrected chi connectivity index (χ4v) is 0.964. The molecule has 0 unspecified atom stereocenters. The molecule has 0 aromatic rings. The number of thiol groups is 1. The Labute approximate surface area is 73.6 Å². The van der Waals surface area contributed by atoms with E-state index in [-0.39, 0.29) is 5.78 Å². The van der Waals surface area contributed by atoms with Crippen molar-refractivity contribution in [3.05, 3.63) is 23.1 Å². The Morgan fingerprint density at radius 3 is 2.27 bits per heavy atom. The zero-order chi connectivity index (χ0) is 8.85. The first-order chi connectivity index (χ1) is 5.11. The highest BCUT2D eigenvalue weighted by Gasteiger charge is 2.03. The minimum absolute atomic E-state index is 0.183. The van der Waals surface area contributed by atoms with Gasteiger partial charge in [-0.3, -0.25) is 4.79 Å². The third kappa shape index (κ3) is 4.04. The topological polar surface area (TPSA) is 17.1 Å². The molecule has 0 aliphatic rings. The molecule has 0 aromatic heterocycles. The molecule has 0 rings (SSSR count). The van der Waals surface area contributed by atoms with Crippen molar-refractivity contribution < 1.29 is 4.79 Å². The lowest BCUT2D eigenvalue weighted by Crippen LogP contribution is -1.98. The highest BCUT2D eigenvalue weighted by atomic mass is 32.1. The van der Waals surface area contributed by atoms with Gasteiger partial charge in [0.15, 0.2) is 5.78 Å². The van der Waals surface area contributed by atoms with Crippen molar-refractivity contribution in [2.24, 2.45) is 0 Å². The Morgan fingerprint density at radius 1 is 1.45 bits per heavy atom. The summed E-state index contributed by atoms with van der Waals surface area (Å²) in [5.74, 6) is 0.183. The number of allylic oxidation sites excluding steroid dienone is 2. The Kier molecular flexibility index (Phi) is 4.95. The molecular weight excluding hydrogens is 156 g/mol. The van der Waals surface area contributed by atoms with Crippen molar-refractivity contribution >= 4 is 18.4 Å². The van der Waals surface area contributed by atoms with Crippen molar-refractivity contribution in [1.29, 1.82) is 0 Å². The lowest BCUT2D eigenvalue weighted by molar-refractivity contribution is -0.115. The molecule has 0 spiro atoms. The van der Waals surface area contributed by atoms with Gasteiger partial charge >= 0.3 is 0 Å². The van der Waals surface area contributed by atoms with Gasteiger partial charge in [0.25, 0.3) is 0 Å². The fraction of sp³-hybridized carbons (Fsp3) is 0.444. The number of hydrogen-bond acceptors (Lipinski definition) is 2. The van der Waals surface area contributed by atoms with E-state index in [0.717, 1.165) is 12.0 Å². The van der Waals surface area contributed by atoms with Crippen LogP contribution in [-0.2, 0) is 4.79 Å². The molecule has 0 radical (unpaired) electrons. The average molecular weight is 170 g/mol. The van der Waals surface area contributed by atoms with E-state index in [1.54, 1.807) is 6.08 Å². The molecule has 2 heteroatoms. The largest absolute Gasteiger partial charge is 0.295 e. The normalized spacial score (nSPS) is 11.4. The van der Waals surface area contributed by atoms with Crippen LogP contribution in [-0.4, -0.2) is 5.78 Å². The maximum atomic E-state index is 11.1. The molecule has 0 fully saturated rings. The maximum absolute atomic E-state index is 11.1. The summed E-state index contributed by atoms with van der Waals surface area (Å²) < 4.78 is 0. The van der Waals surface area contributed by atoms with Crippen LogP contribution >= 0.6 is 12.6 Å². The molecular formula is C9H14OS. The Bertz CT molecular complexity index is 192. The van der Waals surface area contributed by atoms with Crippen LogP contribution in [0.4, 0.5) is 0 Å². The second kappa shape index (κ2) is 5.19. The van der Waals surface area contributed by atoms with E-state index in [1.807, 2.05) is 13.8 Å². The Balaban J connectivity index is 4.39. The van der Waals surface area contributed by atoms with E-state index in [1.165, 1.54) is 0 Å². The van der Waals surface area contributed by atoms with Crippen LogP contribution in [0.1, 0.15) is 26.7 Å². The molecule has 0 aliphatic heterocycles. The lowest BCUT2D eigenvalue weighted by atomic mass is 10.1. The summed E-state index contributed by atoms with van der Waals surface area (Å²) in [6.07, 6.45) is 3.04. The van der Waals surface area contributed by atoms with E-state index < -0.39 is 0 Å². The molecule has 0 aliphatic carbocycles. The van der Waals surface area contributed by atoms with Gasteiger partial charge in [0.1, 0.15) is 0 Å². The van der Waals surface area contributed by atoms with Crippen LogP contribution in [0.5, 0.6) is 0 Å². The van der Waals surface area contributed by atoms with Gasteiger partial charge in [-0.15, -0.1) is 12.6 Å². The summed E-state index contributed by atoms with van der Waals surface area (Å²) in [6, 6.07) is 0. The van der Waals surface area contributed by atoms with Crippen LogP contribution in [0.3, 0.4) is 0 Å². The Hall–Kier alpha value is -0.500. The standard InChI is InChI=1S/C9H14OS/c1-4-8(6-7(3)11)9(10)5-2/h6,11H,3-5H2,1-2H3/b8-6+. The molecule has 0 saturated heterocycles. The van der Waals surface area contributed by atoms with Gasteiger partial charge in [-0.25, -0.2) is 0 Å². The number of ketones is 1. The first-order valence-corrected chi connectivity index (χ1v) is 4.18. The van der Waals surface area contributed by atoms with Gasteiger partial charge < -0.3 is 0 Å². The number of Topliss-reactive ketones (excluding diaryl/α,β-unsaturated/α-hetero) is 1. The summed E-state index contributed by atoms with van der Waals surface area (Å²) in [5.41, 5.74) is 0.813. The molecule has 0 heterocycles. The third-order valence-corrected chi connectivity index (χ3v) is 1.53. The van der Waals surface area contributed by atoms with Crippen molar-refractivity contribution in [3.63, 3.8) is 0 Å². The first-order valence-electron chi connectivity index (χ1n) is 3.73. The molecule has 0 amide bonds. The molecule has 0 atom stereocenters. The van der Waals surface area contributed by atoms with Crippen molar-refractivity contribution in [3.8, 4) is 0 Å². The van der Waals surface area contributed by atoms with Gasteiger partial charge in [-0.1, -0.05) is 20.4 Å². The first kappa shape index (κ1) is 10.5. The lowest BCUT2D eigenvalue weighted by Gasteiger charge is -1.99.